The highest BCUT2D eigenvalue weighted by molar-refractivity contribution is 6.30. The van der Waals surface area contributed by atoms with Crippen molar-refractivity contribution in [3.63, 3.8) is 0 Å². The van der Waals surface area contributed by atoms with Gasteiger partial charge >= 0.3 is 0 Å². The van der Waals surface area contributed by atoms with E-state index in [-0.39, 0.29) is 42.0 Å². The quantitative estimate of drug-likeness (QED) is 0.631. The Morgan fingerprint density at radius 2 is 1.50 bits per heavy atom. The maximum Gasteiger partial charge on any atom is 0.238 e. The predicted molar refractivity (Wildman–Crippen MR) is 105 cm³/mol. The van der Waals surface area contributed by atoms with Crippen LogP contribution in [0.1, 0.15) is 36.6 Å². The highest BCUT2D eigenvalue weighted by atomic mass is 35.5. The van der Waals surface area contributed by atoms with Crippen molar-refractivity contribution in [1.82, 2.24) is 4.90 Å². The molecular weight excluding hydrogens is 393 g/mol. The van der Waals surface area contributed by atoms with Crippen LogP contribution in [0.15, 0.2) is 48.5 Å². The first kappa shape index (κ1) is 19.2. The van der Waals surface area contributed by atoms with Crippen LogP contribution in [-0.4, -0.2) is 22.5 Å². The van der Waals surface area contributed by atoms with Crippen molar-refractivity contribution < 1.29 is 9.59 Å². The summed E-state index contributed by atoms with van der Waals surface area (Å²) in [7, 11) is 0. The van der Waals surface area contributed by atoms with E-state index in [0.717, 1.165) is 11.1 Å². The standard InChI is InChI=1S/C20H18Cl3NO2/c1-12-18(25)10-17(13-2-6-15(22)7-3-13)24(19(26)11-21)20(12)14-4-8-16(23)9-5-14/h2-9,12,17,20H,10-11H2,1H3. The lowest BCUT2D eigenvalue weighted by molar-refractivity contribution is -0.144. The third-order valence-corrected chi connectivity index (χ3v) is 5.61. The lowest BCUT2D eigenvalue weighted by atomic mass is 9.80. The number of piperidine rings is 1. The van der Waals surface area contributed by atoms with Gasteiger partial charge in [0.15, 0.2) is 0 Å². The van der Waals surface area contributed by atoms with E-state index in [1.807, 2.05) is 31.2 Å². The molecule has 1 saturated heterocycles. The molecule has 1 amide bonds. The normalized spacial score (nSPS) is 23.2. The van der Waals surface area contributed by atoms with Crippen LogP contribution in [0, 0.1) is 5.92 Å². The molecule has 1 aliphatic rings. The number of halogens is 3. The number of ketones is 1. The summed E-state index contributed by atoms with van der Waals surface area (Å²) in [6.07, 6.45) is 0.259. The Morgan fingerprint density at radius 3 is 2.00 bits per heavy atom. The number of carbonyl (C=O) groups is 2. The second kappa shape index (κ2) is 7.99. The van der Waals surface area contributed by atoms with Gasteiger partial charge in [-0.25, -0.2) is 0 Å². The van der Waals surface area contributed by atoms with Gasteiger partial charge in [0, 0.05) is 22.4 Å². The first-order valence-corrected chi connectivity index (χ1v) is 9.62. The van der Waals surface area contributed by atoms with E-state index in [1.54, 1.807) is 29.2 Å². The Bertz CT molecular complexity index is 805. The molecule has 0 aliphatic carbocycles. The summed E-state index contributed by atoms with van der Waals surface area (Å²) in [6, 6.07) is 13.7. The Balaban J connectivity index is 2.09. The molecule has 2 aromatic rings. The molecule has 3 rings (SSSR count). The van der Waals surface area contributed by atoms with E-state index < -0.39 is 0 Å². The van der Waals surface area contributed by atoms with Gasteiger partial charge in [0.05, 0.1) is 12.1 Å². The maximum atomic E-state index is 12.8. The van der Waals surface area contributed by atoms with Gasteiger partial charge in [0.2, 0.25) is 5.91 Å². The van der Waals surface area contributed by atoms with Crippen LogP contribution in [-0.2, 0) is 9.59 Å². The Labute approximate surface area is 167 Å². The first-order chi connectivity index (χ1) is 12.4. The monoisotopic (exact) mass is 409 g/mol. The molecule has 1 aliphatic heterocycles. The van der Waals surface area contributed by atoms with Gasteiger partial charge in [-0.1, -0.05) is 54.4 Å². The summed E-state index contributed by atoms with van der Waals surface area (Å²) < 4.78 is 0. The topological polar surface area (TPSA) is 37.4 Å². The lowest BCUT2D eigenvalue weighted by Gasteiger charge is -2.45. The maximum absolute atomic E-state index is 12.8. The van der Waals surface area contributed by atoms with Gasteiger partial charge in [0.25, 0.3) is 0 Å². The van der Waals surface area contributed by atoms with E-state index in [1.165, 1.54) is 0 Å². The van der Waals surface area contributed by atoms with E-state index in [9.17, 15) is 9.59 Å². The third-order valence-electron chi connectivity index (χ3n) is 4.88. The molecule has 0 aromatic heterocycles. The molecule has 3 nitrogen and oxygen atoms in total. The van der Waals surface area contributed by atoms with Crippen molar-refractivity contribution in [2.75, 3.05) is 5.88 Å². The van der Waals surface area contributed by atoms with Crippen molar-refractivity contribution in [3.05, 3.63) is 69.7 Å². The minimum Gasteiger partial charge on any atom is -0.326 e. The number of likely N-dealkylation sites (tertiary alicyclic amines) is 1. The smallest absolute Gasteiger partial charge is 0.238 e. The third kappa shape index (κ3) is 3.75. The minimum atomic E-state index is -0.388. The lowest BCUT2D eigenvalue weighted by Crippen LogP contribution is -2.48. The second-order valence-corrected chi connectivity index (χ2v) is 7.60. The molecule has 3 atom stereocenters. The van der Waals surface area contributed by atoms with Crippen molar-refractivity contribution >= 4 is 46.5 Å². The van der Waals surface area contributed by atoms with Crippen molar-refractivity contribution in [2.24, 2.45) is 5.92 Å². The molecule has 1 heterocycles. The van der Waals surface area contributed by atoms with Gasteiger partial charge in [-0.15, -0.1) is 11.6 Å². The molecule has 0 radical (unpaired) electrons. The van der Waals surface area contributed by atoms with Gasteiger partial charge in [-0.2, -0.15) is 0 Å². The van der Waals surface area contributed by atoms with Gasteiger partial charge in [-0.3, -0.25) is 9.59 Å². The van der Waals surface area contributed by atoms with E-state index in [2.05, 4.69) is 0 Å². The Morgan fingerprint density at radius 1 is 1.00 bits per heavy atom. The fourth-order valence-electron chi connectivity index (χ4n) is 3.56. The number of hydrogen-bond donors (Lipinski definition) is 0. The molecule has 6 heteroatoms. The van der Waals surface area contributed by atoms with Crippen LogP contribution in [0.25, 0.3) is 0 Å². The number of carbonyl (C=O) groups excluding carboxylic acids is 2. The molecule has 0 bridgehead atoms. The van der Waals surface area contributed by atoms with Crippen LogP contribution in [0.2, 0.25) is 10.0 Å². The molecule has 0 N–H and O–H groups in total. The SMILES string of the molecule is CC1C(=O)CC(c2ccc(Cl)cc2)N(C(=O)CCl)C1c1ccc(Cl)cc1. The highest BCUT2D eigenvalue weighted by Gasteiger charge is 2.43. The van der Waals surface area contributed by atoms with Crippen LogP contribution >= 0.6 is 34.8 Å². The zero-order valence-electron chi connectivity index (χ0n) is 14.2. The zero-order valence-corrected chi connectivity index (χ0v) is 16.4. The second-order valence-electron chi connectivity index (χ2n) is 6.46. The van der Waals surface area contributed by atoms with Gasteiger partial charge in [0.1, 0.15) is 11.7 Å². The number of nitrogens with zero attached hydrogens (tertiary/aromatic N) is 1. The molecule has 0 saturated carbocycles. The summed E-state index contributed by atoms with van der Waals surface area (Å²) in [5, 5.41) is 1.21. The number of benzene rings is 2. The van der Waals surface area contributed by atoms with E-state index in [4.69, 9.17) is 34.8 Å². The van der Waals surface area contributed by atoms with Crippen LogP contribution in [0.5, 0.6) is 0 Å². The Hall–Kier alpha value is -1.55. The summed E-state index contributed by atoms with van der Waals surface area (Å²) in [6.45, 7) is 1.86. The highest BCUT2D eigenvalue weighted by Crippen LogP contribution is 2.43. The summed E-state index contributed by atoms with van der Waals surface area (Å²) >= 11 is 17.9. The number of amides is 1. The largest absolute Gasteiger partial charge is 0.326 e. The fraction of sp³-hybridized carbons (Fsp3) is 0.300. The number of hydrogen-bond acceptors (Lipinski definition) is 2. The van der Waals surface area contributed by atoms with Gasteiger partial charge in [-0.05, 0) is 35.4 Å². The summed E-state index contributed by atoms with van der Waals surface area (Å²) in [5.74, 6) is -0.559. The number of rotatable bonds is 3. The average Bonchev–Trinajstić information content (AvgIpc) is 2.64. The minimum absolute atomic E-state index is 0.114. The van der Waals surface area contributed by atoms with Crippen molar-refractivity contribution in [2.45, 2.75) is 25.4 Å². The number of alkyl halides is 1. The van der Waals surface area contributed by atoms with E-state index >= 15 is 0 Å². The van der Waals surface area contributed by atoms with Crippen molar-refractivity contribution in [1.29, 1.82) is 0 Å². The fourth-order valence-corrected chi connectivity index (χ4v) is 3.95. The molecule has 2 aromatic carbocycles. The molecule has 3 unspecified atom stereocenters. The average molecular weight is 411 g/mol. The molecule has 136 valence electrons. The van der Waals surface area contributed by atoms with Crippen LogP contribution in [0.3, 0.4) is 0 Å². The zero-order chi connectivity index (χ0) is 18.8. The number of Topliss-reactive ketones (excluding diaryl/α,β-unsaturated/α-hetero) is 1. The Kier molecular flexibility index (Phi) is 5.91. The first-order valence-electron chi connectivity index (χ1n) is 8.33. The van der Waals surface area contributed by atoms with Crippen LogP contribution < -0.4 is 0 Å². The summed E-state index contributed by atoms with van der Waals surface area (Å²) in [5.41, 5.74) is 1.74. The molecule has 1 fully saturated rings. The summed E-state index contributed by atoms with van der Waals surface area (Å²) in [4.78, 5) is 27.2. The molecule has 0 spiro atoms. The van der Waals surface area contributed by atoms with Crippen molar-refractivity contribution in [3.8, 4) is 0 Å². The molecule has 26 heavy (non-hydrogen) atoms. The van der Waals surface area contributed by atoms with Crippen LogP contribution in [0.4, 0.5) is 0 Å². The molecular formula is C20H18Cl3NO2. The predicted octanol–water partition coefficient (Wildman–Crippen LogP) is 5.45. The van der Waals surface area contributed by atoms with Gasteiger partial charge < -0.3 is 4.90 Å². The van der Waals surface area contributed by atoms with E-state index in [0.29, 0.717) is 10.0 Å².